The summed E-state index contributed by atoms with van der Waals surface area (Å²) in [7, 11) is 1.72. The molecular weight excluding hydrogens is 220 g/mol. The molecule has 4 heteroatoms. The fourth-order valence-electron chi connectivity index (χ4n) is 2.04. The van der Waals surface area contributed by atoms with Crippen molar-refractivity contribution in [3.63, 3.8) is 0 Å². The van der Waals surface area contributed by atoms with Crippen LogP contribution in [0.5, 0.6) is 0 Å². The highest BCUT2D eigenvalue weighted by Gasteiger charge is 2.13. The third kappa shape index (κ3) is 5.12. The van der Waals surface area contributed by atoms with E-state index < -0.39 is 0 Å². The zero-order valence-electron chi connectivity index (χ0n) is 10.5. The van der Waals surface area contributed by atoms with Gasteiger partial charge in [-0.05, 0) is 32.0 Å². The average molecular weight is 244 g/mol. The summed E-state index contributed by atoms with van der Waals surface area (Å²) in [6.45, 7) is 5.00. The standard InChI is InChI=1S/C12H24N2OS/c1-11(10-15-2)13-12(16)14-8-6-4-3-5-7-9-14/h11H,3-10H2,1-2H3,(H,13,16). The maximum atomic E-state index is 5.43. The van der Waals surface area contributed by atoms with Gasteiger partial charge in [-0.2, -0.15) is 0 Å². The lowest BCUT2D eigenvalue weighted by Crippen LogP contribution is -2.46. The molecule has 0 saturated carbocycles. The first-order chi connectivity index (χ1) is 7.74. The predicted octanol–water partition coefficient (Wildman–Crippen LogP) is 2.16. The molecule has 1 aliphatic rings. The summed E-state index contributed by atoms with van der Waals surface area (Å²) in [6.07, 6.45) is 6.59. The Hall–Kier alpha value is -0.350. The zero-order valence-corrected chi connectivity index (χ0v) is 11.3. The van der Waals surface area contributed by atoms with Crippen molar-refractivity contribution >= 4 is 17.3 Å². The second-order valence-corrected chi connectivity index (χ2v) is 4.95. The van der Waals surface area contributed by atoms with Crippen LogP contribution in [0.3, 0.4) is 0 Å². The molecular formula is C12H24N2OS. The molecule has 0 aromatic rings. The summed E-state index contributed by atoms with van der Waals surface area (Å²) in [4.78, 5) is 2.31. The van der Waals surface area contributed by atoms with Gasteiger partial charge < -0.3 is 15.0 Å². The van der Waals surface area contributed by atoms with Crippen molar-refractivity contribution in [2.45, 2.75) is 45.1 Å². The number of nitrogens with zero attached hydrogens (tertiary/aromatic N) is 1. The fourth-order valence-corrected chi connectivity index (χ4v) is 2.43. The van der Waals surface area contributed by atoms with Crippen molar-refractivity contribution in [2.24, 2.45) is 0 Å². The fraction of sp³-hybridized carbons (Fsp3) is 0.917. The molecule has 1 atom stereocenters. The Balaban J connectivity index is 2.32. The van der Waals surface area contributed by atoms with Crippen molar-refractivity contribution in [3.05, 3.63) is 0 Å². The smallest absolute Gasteiger partial charge is 0.169 e. The SMILES string of the molecule is COCC(C)NC(=S)N1CCCCCCC1. The van der Waals surface area contributed by atoms with Gasteiger partial charge in [-0.3, -0.25) is 0 Å². The van der Waals surface area contributed by atoms with E-state index in [-0.39, 0.29) is 0 Å². The van der Waals surface area contributed by atoms with Crippen LogP contribution in [0.1, 0.15) is 39.0 Å². The van der Waals surface area contributed by atoms with Crippen LogP contribution in [0.25, 0.3) is 0 Å². The minimum Gasteiger partial charge on any atom is -0.383 e. The van der Waals surface area contributed by atoms with Gasteiger partial charge in [0.25, 0.3) is 0 Å². The minimum atomic E-state index is 0.294. The number of methoxy groups -OCH3 is 1. The van der Waals surface area contributed by atoms with Crippen LogP contribution in [0.4, 0.5) is 0 Å². The van der Waals surface area contributed by atoms with E-state index in [9.17, 15) is 0 Å². The molecule has 1 heterocycles. The van der Waals surface area contributed by atoms with Gasteiger partial charge in [0.15, 0.2) is 5.11 Å². The molecule has 1 N–H and O–H groups in total. The third-order valence-electron chi connectivity index (χ3n) is 2.93. The summed E-state index contributed by atoms with van der Waals surface area (Å²) < 4.78 is 5.10. The minimum absolute atomic E-state index is 0.294. The second kappa shape index (κ2) is 7.85. The Kier molecular flexibility index (Phi) is 6.73. The van der Waals surface area contributed by atoms with Gasteiger partial charge in [0.2, 0.25) is 0 Å². The summed E-state index contributed by atoms with van der Waals surface area (Å²) in [6, 6.07) is 0.294. The lowest BCUT2D eigenvalue weighted by molar-refractivity contribution is 0.177. The summed E-state index contributed by atoms with van der Waals surface area (Å²) in [5.74, 6) is 0. The van der Waals surface area contributed by atoms with Gasteiger partial charge in [-0.15, -0.1) is 0 Å². The van der Waals surface area contributed by atoms with Gasteiger partial charge in [-0.1, -0.05) is 19.3 Å². The van der Waals surface area contributed by atoms with Crippen molar-refractivity contribution in [1.82, 2.24) is 10.2 Å². The maximum absolute atomic E-state index is 5.43. The average Bonchev–Trinajstić information content (AvgIpc) is 2.16. The first-order valence-electron chi connectivity index (χ1n) is 6.28. The number of thiocarbonyl (C=S) groups is 1. The van der Waals surface area contributed by atoms with Crippen LogP contribution >= 0.6 is 12.2 Å². The van der Waals surface area contributed by atoms with Crippen LogP contribution in [0.15, 0.2) is 0 Å². The van der Waals surface area contributed by atoms with E-state index in [1.54, 1.807) is 7.11 Å². The van der Waals surface area contributed by atoms with Gasteiger partial charge >= 0.3 is 0 Å². The topological polar surface area (TPSA) is 24.5 Å². The quantitative estimate of drug-likeness (QED) is 0.769. The number of ether oxygens (including phenoxy) is 1. The highest BCUT2D eigenvalue weighted by Crippen LogP contribution is 2.10. The third-order valence-corrected chi connectivity index (χ3v) is 3.31. The van der Waals surface area contributed by atoms with Gasteiger partial charge in [0.05, 0.1) is 6.61 Å². The lowest BCUT2D eigenvalue weighted by Gasteiger charge is -2.29. The molecule has 1 fully saturated rings. The first-order valence-corrected chi connectivity index (χ1v) is 6.69. The Bertz CT molecular complexity index is 203. The van der Waals surface area contributed by atoms with Crippen molar-refractivity contribution < 1.29 is 4.74 Å². The Morgan fingerprint density at radius 2 is 1.81 bits per heavy atom. The Morgan fingerprint density at radius 1 is 1.25 bits per heavy atom. The molecule has 0 aromatic heterocycles. The lowest BCUT2D eigenvalue weighted by atomic mass is 10.1. The molecule has 0 aliphatic carbocycles. The molecule has 0 amide bonds. The summed E-state index contributed by atoms with van der Waals surface area (Å²) >= 11 is 5.43. The number of nitrogens with one attached hydrogen (secondary N) is 1. The highest BCUT2D eigenvalue weighted by molar-refractivity contribution is 7.80. The molecule has 94 valence electrons. The van der Waals surface area contributed by atoms with E-state index in [0.717, 1.165) is 18.2 Å². The number of hydrogen-bond acceptors (Lipinski definition) is 2. The molecule has 1 saturated heterocycles. The van der Waals surface area contributed by atoms with Gasteiger partial charge in [0.1, 0.15) is 0 Å². The van der Waals surface area contributed by atoms with E-state index in [4.69, 9.17) is 17.0 Å². The van der Waals surface area contributed by atoms with Crippen LogP contribution < -0.4 is 5.32 Å². The molecule has 0 spiro atoms. The van der Waals surface area contributed by atoms with Crippen LogP contribution in [0.2, 0.25) is 0 Å². The van der Waals surface area contributed by atoms with Crippen LogP contribution in [-0.4, -0.2) is 42.9 Å². The predicted molar refractivity (Wildman–Crippen MR) is 71.7 cm³/mol. The molecule has 3 nitrogen and oxygen atoms in total. The van der Waals surface area contributed by atoms with E-state index in [0.29, 0.717) is 12.6 Å². The molecule has 1 unspecified atom stereocenters. The zero-order chi connectivity index (χ0) is 11.8. The summed E-state index contributed by atoms with van der Waals surface area (Å²) in [5, 5.41) is 4.23. The van der Waals surface area contributed by atoms with E-state index in [2.05, 4.69) is 17.1 Å². The van der Waals surface area contributed by atoms with E-state index in [1.807, 2.05) is 0 Å². The normalized spacial score (nSPS) is 19.8. The van der Waals surface area contributed by atoms with Crippen molar-refractivity contribution in [2.75, 3.05) is 26.8 Å². The van der Waals surface area contributed by atoms with E-state index >= 15 is 0 Å². The number of rotatable bonds is 3. The molecule has 1 rings (SSSR count). The van der Waals surface area contributed by atoms with Crippen molar-refractivity contribution in [1.29, 1.82) is 0 Å². The van der Waals surface area contributed by atoms with Crippen molar-refractivity contribution in [3.8, 4) is 0 Å². The maximum Gasteiger partial charge on any atom is 0.169 e. The van der Waals surface area contributed by atoms with Crippen LogP contribution in [-0.2, 0) is 4.74 Å². The summed E-state index contributed by atoms with van der Waals surface area (Å²) in [5.41, 5.74) is 0. The Labute approximate surface area is 105 Å². The second-order valence-electron chi connectivity index (χ2n) is 4.56. The van der Waals surface area contributed by atoms with Crippen LogP contribution in [0, 0.1) is 0 Å². The molecule has 0 bridgehead atoms. The molecule has 16 heavy (non-hydrogen) atoms. The number of likely N-dealkylation sites (tertiary alicyclic amines) is 1. The monoisotopic (exact) mass is 244 g/mol. The van der Waals surface area contributed by atoms with Gasteiger partial charge in [0, 0.05) is 26.2 Å². The van der Waals surface area contributed by atoms with Gasteiger partial charge in [-0.25, -0.2) is 0 Å². The first kappa shape index (κ1) is 13.7. The number of hydrogen-bond donors (Lipinski definition) is 1. The highest BCUT2D eigenvalue weighted by atomic mass is 32.1. The molecule has 0 aromatic carbocycles. The Morgan fingerprint density at radius 3 is 2.38 bits per heavy atom. The molecule has 1 aliphatic heterocycles. The van der Waals surface area contributed by atoms with E-state index in [1.165, 1.54) is 32.1 Å². The molecule has 0 radical (unpaired) electrons. The largest absolute Gasteiger partial charge is 0.383 e.